The summed E-state index contributed by atoms with van der Waals surface area (Å²) < 4.78 is 22.8. The number of hydrogen-bond acceptors (Lipinski definition) is 3. The molecule has 0 aliphatic carbocycles. The molecule has 5 rings (SSSR count). The maximum absolute atomic E-state index is 15.7. The Kier molecular flexibility index (Phi) is 9.90. The van der Waals surface area contributed by atoms with Gasteiger partial charge in [0.2, 0.25) is 0 Å². The molecule has 0 N–H and O–H groups in total. The smallest absolute Gasteiger partial charge is 0.169 e. The molecule has 222 valence electrons. The molecular weight excluding hydrogens is 559 g/mol. The Morgan fingerprint density at radius 3 is 1.34 bits per heavy atom. The van der Waals surface area contributed by atoms with Crippen molar-refractivity contribution in [1.82, 2.24) is 0 Å². The van der Waals surface area contributed by atoms with Crippen LogP contribution < -0.4 is 10.6 Å². The van der Waals surface area contributed by atoms with E-state index in [9.17, 15) is 4.79 Å². The van der Waals surface area contributed by atoms with Gasteiger partial charge in [-0.25, -0.2) is 0 Å². The predicted molar refractivity (Wildman–Crippen MR) is 182 cm³/mol. The monoisotopic (exact) mass is 598 g/mol. The topological polar surface area (TPSA) is 43.4 Å². The molecule has 4 heteroatoms. The molecule has 0 aromatic heterocycles. The number of carbonyl (C=O) groups excluding carboxylic acids is 1. The van der Waals surface area contributed by atoms with Crippen molar-refractivity contribution >= 4 is 23.5 Å². The van der Waals surface area contributed by atoms with Gasteiger partial charge in [-0.1, -0.05) is 165 Å². The van der Waals surface area contributed by atoms with Crippen LogP contribution in [0.3, 0.4) is 0 Å². The van der Waals surface area contributed by atoms with Crippen molar-refractivity contribution in [3.05, 3.63) is 180 Å². The van der Waals surface area contributed by atoms with Gasteiger partial charge in [-0.2, -0.15) is 0 Å². The Morgan fingerprint density at radius 2 is 1.00 bits per heavy atom. The van der Waals surface area contributed by atoms with Gasteiger partial charge in [0.1, 0.15) is 5.60 Å². The quantitative estimate of drug-likeness (QED) is 0.0821. The molecular formula is C40H39O3P. The predicted octanol–water partition coefficient (Wildman–Crippen LogP) is 8.55. The Bertz CT molecular complexity index is 1580. The fourth-order valence-corrected chi connectivity index (χ4v) is 9.55. The standard InChI is InChI=1S/C40H39O3P/c1-4-31(2)38(41)39(44(42,36-26-16-8-17-27-36)37-28-18-9-19-29-37)32(3)30-43-40(33-20-10-5-11-21-33,34-22-12-6-13-23-34)35-24-14-7-15-25-35/h4-29,32,39H,30H2,1-3H3/b31-4+/t32-,39-/m0/s1. The van der Waals surface area contributed by atoms with E-state index in [2.05, 4.69) is 36.4 Å². The van der Waals surface area contributed by atoms with E-state index in [0.29, 0.717) is 16.2 Å². The zero-order chi connectivity index (χ0) is 31.0. The van der Waals surface area contributed by atoms with Gasteiger partial charge >= 0.3 is 0 Å². The van der Waals surface area contributed by atoms with E-state index in [1.54, 1.807) is 0 Å². The number of ketones is 1. The van der Waals surface area contributed by atoms with Crippen LogP contribution in [0.25, 0.3) is 0 Å². The summed E-state index contributed by atoms with van der Waals surface area (Å²) in [6.45, 7) is 5.85. The third-order valence-corrected chi connectivity index (χ3v) is 12.1. The second-order valence-corrected chi connectivity index (χ2v) is 14.1. The minimum absolute atomic E-state index is 0.121. The number of ether oxygens (including phenoxy) is 1. The molecule has 0 saturated heterocycles. The second-order valence-electron chi connectivity index (χ2n) is 11.2. The summed E-state index contributed by atoms with van der Waals surface area (Å²) in [5, 5.41) is 1.33. The average Bonchev–Trinajstić information content (AvgIpc) is 3.10. The SMILES string of the molecule is C/C=C(\C)C(=O)[C@H]([C@@H](C)COC(c1ccccc1)(c1ccccc1)c1ccccc1)P(=O)(c1ccccc1)c1ccccc1. The first-order chi connectivity index (χ1) is 21.4. The van der Waals surface area contributed by atoms with E-state index in [1.807, 2.05) is 142 Å². The van der Waals surface area contributed by atoms with Crippen LogP contribution in [0.5, 0.6) is 0 Å². The second kappa shape index (κ2) is 14.0. The number of allylic oxidation sites excluding steroid dienone is 2. The molecule has 0 bridgehead atoms. The molecule has 3 nitrogen and oxygen atoms in total. The van der Waals surface area contributed by atoms with Gasteiger partial charge in [-0.3, -0.25) is 4.79 Å². The highest BCUT2D eigenvalue weighted by Gasteiger charge is 2.46. The zero-order valence-corrected chi connectivity index (χ0v) is 26.4. The van der Waals surface area contributed by atoms with Crippen molar-refractivity contribution in [3.63, 3.8) is 0 Å². The summed E-state index contributed by atoms with van der Waals surface area (Å²) in [4.78, 5) is 14.3. The molecule has 0 spiro atoms. The van der Waals surface area contributed by atoms with E-state index in [4.69, 9.17) is 4.74 Å². The molecule has 0 radical (unpaired) electrons. The Morgan fingerprint density at radius 1 is 0.659 bits per heavy atom. The van der Waals surface area contributed by atoms with E-state index < -0.39 is 24.3 Å². The highest BCUT2D eigenvalue weighted by Crippen LogP contribution is 2.53. The maximum atomic E-state index is 15.7. The van der Waals surface area contributed by atoms with Crippen LogP contribution in [0.1, 0.15) is 37.5 Å². The lowest BCUT2D eigenvalue weighted by Crippen LogP contribution is -2.41. The number of benzene rings is 5. The first-order valence-electron chi connectivity index (χ1n) is 15.1. The zero-order valence-electron chi connectivity index (χ0n) is 25.5. The summed E-state index contributed by atoms with van der Waals surface area (Å²) in [5.41, 5.74) is 1.74. The van der Waals surface area contributed by atoms with Crippen LogP contribution >= 0.6 is 7.14 Å². The lowest BCUT2D eigenvalue weighted by atomic mass is 9.80. The number of hydrogen-bond donors (Lipinski definition) is 0. The highest BCUT2D eigenvalue weighted by molar-refractivity contribution is 7.80. The van der Waals surface area contributed by atoms with Gasteiger partial charge in [-0.05, 0) is 42.0 Å². The number of Topliss-reactive ketones (excluding diaryl/α,β-unsaturated/α-hetero) is 1. The third-order valence-electron chi connectivity index (χ3n) is 8.40. The largest absolute Gasteiger partial charge is 0.361 e. The van der Waals surface area contributed by atoms with Gasteiger partial charge in [-0.15, -0.1) is 0 Å². The number of carbonyl (C=O) groups is 1. The first-order valence-corrected chi connectivity index (χ1v) is 16.9. The minimum Gasteiger partial charge on any atom is -0.361 e. The summed E-state index contributed by atoms with van der Waals surface area (Å²) in [7, 11) is -3.48. The van der Waals surface area contributed by atoms with Crippen molar-refractivity contribution < 1.29 is 14.1 Å². The van der Waals surface area contributed by atoms with Gasteiger partial charge in [0.05, 0.1) is 12.3 Å². The fraction of sp³-hybridized carbons (Fsp3) is 0.175. The van der Waals surface area contributed by atoms with Gasteiger partial charge in [0.25, 0.3) is 0 Å². The van der Waals surface area contributed by atoms with Crippen LogP contribution in [-0.2, 0) is 19.7 Å². The Hall–Kier alpha value is -4.30. The third kappa shape index (κ3) is 6.04. The normalized spacial score (nSPS) is 13.7. The molecule has 0 aliphatic heterocycles. The minimum atomic E-state index is -3.48. The average molecular weight is 599 g/mol. The molecule has 2 atom stereocenters. The molecule has 0 aliphatic rings. The van der Waals surface area contributed by atoms with Crippen LogP contribution in [0.4, 0.5) is 0 Å². The van der Waals surface area contributed by atoms with Crippen molar-refractivity contribution in [2.75, 3.05) is 6.61 Å². The molecule has 0 amide bonds. The molecule has 5 aromatic rings. The Balaban J connectivity index is 1.67. The van der Waals surface area contributed by atoms with Crippen LogP contribution in [0.2, 0.25) is 0 Å². The molecule has 0 unspecified atom stereocenters. The fourth-order valence-electron chi connectivity index (χ4n) is 6.04. The lowest BCUT2D eigenvalue weighted by Gasteiger charge is -2.39. The highest BCUT2D eigenvalue weighted by atomic mass is 31.2. The molecule has 0 saturated carbocycles. The van der Waals surface area contributed by atoms with Crippen molar-refractivity contribution in [2.24, 2.45) is 5.92 Å². The van der Waals surface area contributed by atoms with Crippen LogP contribution in [0.15, 0.2) is 163 Å². The van der Waals surface area contributed by atoms with E-state index in [0.717, 1.165) is 16.7 Å². The molecule has 0 heterocycles. The molecule has 0 fully saturated rings. The molecule has 44 heavy (non-hydrogen) atoms. The summed E-state index contributed by atoms with van der Waals surface area (Å²) in [6.07, 6.45) is 1.81. The molecule has 5 aromatic carbocycles. The maximum Gasteiger partial charge on any atom is 0.169 e. The van der Waals surface area contributed by atoms with Gasteiger partial charge < -0.3 is 9.30 Å². The number of rotatable bonds is 12. The van der Waals surface area contributed by atoms with Crippen molar-refractivity contribution in [2.45, 2.75) is 32.0 Å². The Labute approximate surface area is 261 Å². The van der Waals surface area contributed by atoms with E-state index >= 15 is 4.57 Å². The first kappa shape index (κ1) is 31.1. The van der Waals surface area contributed by atoms with Crippen molar-refractivity contribution in [3.8, 4) is 0 Å². The van der Waals surface area contributed by atoms with Gasteiger partial charge in [0, 0.05) is 10.6 Å². The van der Waals surface area contributed by atoms with E-state index in [-0.39, 0.29) is 12.4 Å². The van der Waals surface area contributed by atoms with Crippen molar-refractivity contribution in [1.29, 1.82) is 0 Å². The summed E-state index contributed by atoms with van der Waals surface area (Å²) in [5.74, 6) is -0.525. The summed E-state index contributed by atoms with van der Waals surface area (Å²) >= 11 is 0. The van der Waals surface area contributed by atoms with Gasteiger partial charge in [0.15, 0.2) is 12.9 Å². The lowest BCUT2D eigenvalue weighted by molar-refractivity contribution is -0.116. The summed E-state index contributed by atoms with van der Waals surface area (Å²) in [6, 6.07) is 49.5. The van der Waals surface area contributed by atoms with E-state index in [1.165, 1.54) is 0 Å². The van der Waals surface area contributed by atoms with Crippen LogP contribution in [0, 0.1) is 5.92 Å². The van der Waals surface area contributed by atoms with Crippen LogP contribution in [-0.4, -0.2) is 18.0 Å².